The molecule has 2 rings (SSSR count). The molecule has 0 aliphatic rings. The third-order valence-electron chi connectivity index (χ3n) is 2.88. The van der Waals surface area contributed by atoms with Crippen LogP contribution in [0.1, 0.15) is 11.3 Å². The fourth-order valence-electron chi connectivity index (χ4n) is 1.83. The second kappa shape index (κ2) is 5.64. The highest BCUT2D eigenvalue weighted by Crippen LogP contribution is 2.23. The zero-order chi connectivity index (χ0) is 13.8. The fraction of sp³-hybridized carbons (Fsp3) is 0.188. The van der Waals surface area contributed by atoms with E-state index >= 15 is 0 Å². The summed E-state index contributed by atoms with van der Waals surface area (Å²) in [7, 11) is 0. The lowest BCUT2D eigenvalue weighted by atomic mass is 10.0. The Hall–Kier alpha value is -2.18. The van der Waals surface area contributed by atoms with Gasteiger partial charge in [-0.1, -0.05) is 24.1 Å². The smallest absolute Gasteiger partial charge is 0.131 e. The average molecular weight is 255 g/mol. The Balaban J connectivity index is 2.29. The van der Waals surface area contributed by atoms with Crippen LogP contribution in [-0.2, 0) is 6.42 Å². The van der Waals surface area contributed by atoms with E-state index in [2.05, 4.69) is 10.9 Å². The molecule has 1 N–H and O–H groups in total. The van der Waals surface area contributed by atoms with E-state index in [1.165, 1.54) is 6.07 Å². The maximum absolute atomic E-state index is 14.0. The second-order valence-corrected chi connectivity index (χ2v) is 4.39. The Morgan fingerprint density at radius 1 is 1.37 bits per heavy atom. The van der Waals surface area contributed by atoms with Gasteiger partial charge in [0.1, 0.15) is 11.9 Å². The van der Waals surface area contributed by atoms with Crippen LogP contribution in [0.3, 0.4) is 0 Å². The van der Waals surface area contributed by atoms with Crippen molar-refractivity contribution in [2.24, 2.45) is 0 Å². The van der Waals surface area contributed by atoms with Gasteiger partial charge in [0.05, 0.1) is 0 Å². The van der Waals surface area contributed by atoms with Crippen LogP contribution < -0.4 is 0 Å². The van der Waals surface area contributed by atoms with Crippen LogP contribution in [0, 0.1) is 25.1 Å². The number of nitrogens with zero attached hydrogens (tertiary/aromatic N) is 1. The number of rotatable bonds is 3. The summed E-state index contributed by atoms with van der Waals surface area (Å²) in [5.41, 5.74) is 2.78. The molecule has 0 aliphatic heterocycles. The van der Waals surface area contributed by atoms with Gasteiger partial charge in [-0.25, -0.2) is 4.39 Å². The lowest BCUT2D eigenvalue weighted by molar-refractivity contribution is 0.233. The summed E-state index contributed by atoms with van der Waals surface area (Å²) in [6, 6.07) is 8.51. The summed E-state index contributed by atoms with van der Waals surface area (Å²) in [6.07, 6.45) is 6.10. The molecular formula is C16H14FNO. The van der Waals surface area contributed by atoms with Crippen LogP contribution >= 0.6 is 0 Å². The van der Waals surface area contributed by atoms with Crippen molar-refractivity contribution in [2.75, 3.05) is 0 Å². The molecule has 96 valence electrons. The molecule has 1 heterocycles. The number of hydrogen-bond acceptors (Lipinski definition) is 2. The molecule has 0 amide bonds. The molecule has 2 nitrogen and oxygen atoms in total. The predicted octanol–water partition coefficient (Wildman–Crippen LogP) is 2.73. The van der Waals surface area contributed by atoms with Crippen molar-refractivity contribution in [1.29, 1.82) is 0 Å². The number of halogens is 1. The minimum Gasteiger partial charge on any atom is -0.380 e. The molecular weight excluding hydrogens is 241 g/mol. The minimum absolute atomic E-state index is 0.250. The van der Waals surface area contributed by atoms with Crippen molar-refractivity contribution in [1.82, 2.24) is 4.98 Å². The molecule has 1 unspecified atom stereocenters. The van der Waals surface area contributed by atoms with Crippen LogP contribution in [0.25, 0.3) is 11.1 Å². The van der Waals surface area contributed by atoms with Gasteiger partial charge in [-0.3, -0.25) is 4.98 Å². The quantitative estimate of drug-likeness (QED) is 0.855. The van der Waals surface area contributed by atoms with Crippen molar-refractivity contribution >= 4 is 0 Å². The Morgan fingerprint density at radius 3 is 2.74 bits per heavy atom. The summed E-state index contributed by atoms with van der Waals surface area (Å²) in [6.45, 7) is 1.88. The first-order valence-electron chi connectivity index (χ1n) is 5.96. The van der Waals surface area contributed by atoms with Gasteiger partial charge in [0, 0.05) is 29.4 Å². The van der Waals surface area contributed by atoms with Gasteiger partial charge >= 0.3 is 0 Å². The number of aromatic nitrogens is 1. The highest BCUT2D eigenvalue weighted by Gasteiger charge is 2.08. The van der Waals surface area contributed by atoms with E-state index in [1.54, 1.807) is 18.3 Å². The first-order chi connectivity index (χ1) is 9.10. The zero-order valence-electron chi connectivity index (χ0n) is 10.6. The summed E-state index contributed by atoms with van der Waals surface area (Å²) >= 11 is 0. The maximum Gasteiger partial charge on any atom is 0.131 e. The van der Waals surface area contributed by atoms with Crippen LogP contribution in [-0.4, -0.2) is 16.2 Å². The number of aliphatic hydroxyl groups is 1. The van der Waals surface area contributed by atoms with E-state index in [1.807, 2.05) is 19.1 Å². The Bertz CT molecular complexity index is 614. The Morgan fingerprint density at radius 2 is 2.16 bits per heavy atom. The predicted molar refractivity (Wildman–Crippen MR) is 72.9 cm³/mol. The van der Waals surface area contributed by atoms with Gasteiger partial charge in [0.25, 0.3) is 0 Å². The summed E-state index contributed by atoms with van der Waals surface area (Å²) in [5, 5.41) is 9.35. The lowest BCUT2D eigenvalue weighted by Crippen LogP contribution is -2.07. The minimum atomic E-state index is -0.883. The zero-order valence-corrected chi connectivity index (χ0v) is 10.6. The number of benzene rings is 1. The van der Waals surface area contributed by atoms with E-state index in [-0.39, 0.29) is 12.2 Å². The number of aliphatic hydroxyl groups excluding tert-OH is 1. The van der Waals surface area contributed by atoms with E-state index < -0.39 is 6.10 Å². The highest BCUT2D eigenvalue weighted by molar-refractivity contribution is 5.63. The van der Waals surface area contributed by atoms with Gasteiger partial charge in [-0.05, 0) is 24.6 Å². The number of terminal acetylenes is 1. The molecule has 3 heteroatoms. The van der Waals surface area contributed by atoms with Crippen molar-refractivity contribution in [3.63, 3.8) is 0 Å². The SMILES string of the molecule is C#CC(O)Cc1ccc(-c2ccc(C)nc2)c(F)c1. The molecule has 0 aliphatic carbocycles. The van der Waals surface area contributed by atoms with Gasteiger partial charge in [0.2, 0.25) is 0 Å². The van der Waals surface area contributed by atoms with Gasteiger partial charge in [-0.15, -0.1) is 6.42 Å². The topological polar surface area (TPSA) is 33.1 Å². The maximum atomic E-state index is 14.0. The number of aryl methyl sites for hydroxylation is 1. The standard InChI is InChI=1S/C16H14FNO/c1-3-14(19)8-12-5-7-15(16(17)9-12)13-6-4-11(2)18-10-13/h1,4-7,9-10,14,19H,8H2,2H3. The van der Waals surface area contributed by atoms with Crippen molar-refractivity contribution in [3.05, 3.63) is 53.6 Å². The van der Waals surface area contributed by atoms with E-state index in [0.717, 1.165) is 11.3 Å². The summed E-state index contributed by atoms with van der Waals surface area (Å²) in [4.78, 5) is 4.15. The average Bonchev–Trinajstić information content (AvgIpc) is 2.40. The van der Waals surface area contributed by atoms with E-state index in [9.17, 15) is 9.50 Å². The van der Waals surface area contributed by atoms with Gasteiger partial charge in [0.15, 0.2) is 0 Å². The molecule has 0 saturated heterocycles. The third-order valence-corrected chi connectivity index (χ3v) is 2.88. The monoisotopic (exact) mass is 255 g/mol. The summed E-state index contributed by atoms with van der Waals surface area (Å²) < 4.78 is 14.0. The number of pyridine rings is 1. The van der Waals surface area contributed by atoms with Crippen LogP contribution in [0.2, 0.25) is 0 Å². The molecule has 0 fully saturated rings. The normalized spacial score (nSPS) is 11.9. The molecule has 0 bridgehead atoms. The van der Waals surface area contributed by atoms with Crippen molar-refractivity contribution < 1.29 is 9.50 Å². The van der Waals surface area contributed by atoms with E-state index in [0.29, 0.717) is 11.1 Å². The molecule has 2 aromatic rings. The van der Waals surface area contributed by atoms with Crippen LogP contribution in [0.4, 0.5) is 4.39 Å². The number of hydrogen-bond donors (Lipinski definition) is 1. The van der Waals surface area contributed by atoms with Gasteiger partial charge in [-0.2, -0.15) is 0 Å². The second-order valence-electron chi connectivity index (χ2n) is 4.39. The van der Waals surface area contributed by atoms with Crippen molar-refractivity contribution in [3.8, 4) is 23.5 Å². The lowest BCUT2D eigenvalue weighted by Gasteiger charge is -2.07. The Kier molecular flexibility index (Phi) is 3.94. The van der Waals surface area contributed by atoms with E-state index in [4.69, 9.17) is 6.42 Å². The molecule has 1 aromatic heterocycles. The summed E-state index contributed by atoms with van der Waals surface area (Å²) in [5.74, 6) is 1.87. The van der Waals surface area contributed by atoms with Crippen LogP contribution in [0.5, 0.6) is 0 Å². The van der Waals surface area contributed by atoms with Crippen molar-refractivity contribution in [2.45, 2.75) is 19.4 Å². The van der Waals surface area contributed by atoms with Gasteiger partial charge < -0.3 is 5.11 Å². The first-order valence-corrected chi connectivity index (χ1v) is 5.96. The molecule has 0 spiro atoms. The highest BCUT2D eigenvalue weighted by atomic mass is 19.1. The fourth-order valence-corrected chi connectivity index (χ4v) is 1.83. The largest absolute Gasteiger partial charge is 0.380 e. The molecule has 0 radical (unpaired) electrons. The molecule has 0 saturated carbocycles. The molecule has 1 atom stereocenters. The first kappa shape index (κ1) is 13.3. The Labute approximate surface area is 111 Å². The third kappa shape index (κ3) is 3.18. The molecule has 1 aromatic carbocycles. The van der Waals surface area contributed by atoms with Crippen LogP contribution in [0.15, 0.2) is 36.5 Å². The molecule has 19 heavy (non-hydrogen) atoms.